The molecule has 2 aliphatic rings. The van der Waals surface area contributed by atoms with Gasteiger partial charge in [0.25, 0.3) is 0 Å². The number of carbonyl (C=O) groups excluding carboxylic acids is 1. The number of benzene rings is 2. The number of para-hydroxylation sites is 1. The van der Waals surface area contributed by atoms with E-state index in [9.17, 15) is 9.18 Å². The number of fused-ring (bicyclic) bond motifs is 4. The Morgan fingerprint density at radius 2 is 1.93 bits per heavy atom. The SMILES string of the molecule is O=C(CCCN1CCN2Cc3[nH]c4ccccc4c3C[C@@H]2C1)c1ccc(F)cc1. The molecular weight excluding hydrogens is 365 g/mol. The van der Waals surface area contributed by atoms with Crippen LogP contribution in [0.5, 0.6) is 0 Å². The van der Waals surface area contributed by atoms with Crippen LogP contribution in [0.2, 0.25) is 0 Å². The van der Waals surface area contributed by atoms with Gasteiger partial charge in [-0.1, -0.05) is 18.2 Å². The van der Waals surface area contributed by atoms with Crippen molar-refractivity contribution in [1.82, 2.24) is 14.8 Å². The smallest absolute Gasteiger partial charge is 0.162 e. The molecule has 0 amide bonds. The number of hydrogen-bond donors (Lipinski definition) is 1. The Kier molecular flexibility index (Phi) is 4.94. The molecule has 2 aromatic carbocycles. The number of rotatable bonds is 5. The number of hydrogen-bond acceptors (Lipinski definition) is 3. The molecule has 1 atom stereocenters. The molecule has 0 saturated carbocycles. The first-order valence-electron chi connectivity index (χ1n) is 10.5. The van der Waals surface area contributed by atoms with Gasteiger partial charge >= 0.3 is 0 Å². The van der Waals surface area contributed by atoms with Gasteiger partial charge in [0.2, 0.25) is 0 Å². The van der Waals surface area contributed by atoms with Crippen molar-refractivity contribution >= 4 is 16.7 Å². The second kappa shape index (κ2) is 7.73. The van der Waals surface area contributed by atoms with E-state index in [2.05, 4.69) is 39.0 Å². The Labute approximate surface area is 170 Å². The molecule has 0 unspecified atom stereocenters. The van der Waals surface area contributed by atoms with E-state index in [0.29, 0.717) is 18.0 Å². The Balaban J connectivity index is 1.18. The van der Waals surface area contributed by atoms with E-state index < -0.39 is 0 Å². The van der Waals surface area contributed by atoms with Crippen LogP contribution in [-0.4, -0.2) is 52.8 Å². The first-order valence-corrected chi connectivity index (χ1v) is 10.5. The second-order valence-electron chi connectivity index (χ2n) is 8.29. The predicted octanol–water partition coefficient (Wildman–Crippen LogP) is 4.01. The van der Waals surface area contributed by atoms with Crippen LogP contribution in [-0.2, 0) is 13.0 Å². The highest BCUT2D eigenvalue weighted by Gasteiger charge is 2.33. The minimum atomic E-state index is -0.301. The minimum Gasteiger partial charge on any atom is -0.357 e. The van der Waals surface area contributed by atoms with Crippen molar-refractivity contribution in [3.63, 3.8) is 0 Å². The van der Waals surface area contributed by atoms with E-state index >= 15 is 0 Å². The van der Waals surface area contributed by atoms with E-state index in [0.717, 1.165) is 45.6 Å². The third-order valence-corrected chi connectivity index (χ3v) is 6.44. The van der Waals surface area contributed by atoms with Crippen LogP contribution in [0.4, 0.5) is 4.39 Å². The Hall–Kier alpha value is -2.50. The van der Waals surface area contributed by atoms with E-state index in [1.54, 1.807) is 12.1 Å². The van der Waals surface area contributed by atoms with Gasteiger partial charge in [-0.15, -0.1) is 0 Å². The number of carbonyl (C=O) groups is 1. The zero-order valence-corrected chi connectivity index (χ0v) is 16.5. The molecule has 3 aromatic rings. The first-order chi connectivity index (χ1) is 14.2. The molecule has 1 fully saturated rings. The van der Waals surface area contributed by atoms with Crippen LogP contribution >= 0.6 is 0 Å². The summed E-state index contributed by atoms with van der Waals surface area (Å²) in [7, 11) is 0. The molecule has 0 aliphatic carbocycles. The largest absolute Gasteiger partial charge is 0.357 e. The number of nitrogens with one attached hydrogen (secondary N) is 1. The number of piperazine rings is 1. The van der Waals surface area contributed by atoms with Gasteiger partial charge in [-0.25, -0.2) is 4.39 Å². The van der Waals surface area contributed by atoms with E-state index in [-0.39, 0.29) is 11.6 Å². The van der Waals surface area contributed by atoms with Gasteiger partial charge in [0, 0.05) is 60.8 Å². The van der Waals surface area contributed by atoms with E-state index in [1.165, 1.54) is 34.3 Å². The topological polar surface area (TPSA) is 39.3 Å². The zero-order chi connectivity index (χ0) is 19.8. The molecule has 150 valence electrons. The molecular formula is C24H26FN3O. The number of aromatic nitrogens is 1. The lowest BCUT2D eigenvalue weighted by atomic mass is 9.94. The molecule has 0 bridgehead atoms. The zero-order valence-electron chi connectivity index (χ0n) is 16.5. The lowest BCUT2D eigenvalue weighted by Gasteiger charge is -2.44. The molecule has 29 heavy (non-hydrogen) atoms. The maximum absolute atomic E-state index is 13.0. The van der Waals surface area contributed by atoms with Crippen molar-refractivity contribution in [2.24, 2.45) is 0 Å². The summed E-state index contributed by atoms with van der Waals surface area (Å²) in [5.74, 6) is -0.199. The molecule has 1 saturated heterocycles. The average molecular weight is 391 g/mol. The van der Waals surface area contributed by atoms with Gasteiger partial charge in [0.15, 0.2) is 5.78 Å². The Morgan fingerprint density at radius 3 is 2.79 bits per heavy atom. The molecule has 4 nitrogen and oxygen atoms in total. The van der Waals surface area contributed by atoms with Gasteiger partial charge in [-0.3, -0.25) is 9.69 Å². The van der Waals surface area contributed by atoms with Crippen LogP contribution in [0, 0.1) is 5.82 Å². The highest BCUT2D eigenvalue weighted by atomic mass is 19.1. The van der Waals surface area contributed by atoms with Crippen LogP contribution in [0.3, 0.4) is 0 Å². The van der Waals surface area contributed by atoms with Crippen molar-refractivity contribution in [3.05, 3.63) is 71.2 Å². The van der Waals surface area contributed by atoms with Gasteiger partial charge in [0.05, 0.1) is 0 Å². The van der Waals surface area contributed by atoms with Crippen LogP contribution in [0.25, 0.3) is 10.9 Å². The Bertz CT molecular complexity index is 1030. The summed E-state index contributed by atoms with van der Waals surface area (Å²) in [4.78, 5) is 21.0. The molecule has 0 spiro atoms. The maximum Gasteiger partial charge on any atom is 0.162 e. The predicted molar refractivity (Wildman–Crippen MR) is 113 cm³/mol. The van der Waals surface area contributed by atoms with Crippen molar-refractivity contribution in [2.75, 3.05) is 26.2 Å². The van der Waals surface area contributed by atoms with Crippen LogP contribution in [0.1, 0.15) is 34.5 Å². The monoisotopic (exact) mass is 391 g/mol. The van der Waals surface area contributed by atoms with Crippen LogP contribution in [0.15, 0.2) is 48.5 Å². The average Bonchev–Trinajstić information content (AvgIpc) is 3.10. The lowest BCUT2D eigenvalue weighted by molar-refractivity contribution is 0.0588. The number of nitrogens with zero attached hydrogens (tertiary/aromatic N) is 2. The summed E-state index contributed by atoms with van der Waals surface area (Å²) in [6.07, 6.45) is 2.45. The molecule has 3 heterocycles. The fourth-order valence-corrected chi connectivity index (χ4v) is 4.87. The fraction of sp³-hybridized carbons (Fsp3) is 0.375. The Morgan fingerprint density at radius 1 is 1.10 bits per heavy atom. The van der Waals surface area contributed by atoms with Gasteiger partial charge in [0.1, 0.15) is 5.82 Å². The number of Topliss-reactive ketones (excluding diaryl/α,β-unsaturated/α-hetero) is 1. The molecule has 0 radical (unpaired) electrons. The minimum absolute atomic E-state index is 0.102. The molecule has 2 aliphatic heterocycles. The quantitative estimate of drug-likeness (QED) is 0.668. The number of aromatic amines is 1. The molecule has 1 N–H and O–H groups in total. The summed E-state index contributed by atoms with van der Waals surface area (Å²) in [6, 6.07) is 15.0. The van der Waals surface area contributed by atoms with Crippen molar-refractivity contribution in [3.8, 4) is 0 Å². The number of halogens is 1. The third kappa shape index (κ3) is 3.72. The molecule has 1 aromatic heterocycles. The lowest BCUT2D eigenvalue weighted by Crippen LogP contribution is -2.55. The number of H-pyrrole nitrogens is 1. The van der Waals surface area contributed by atoms with Crippen molar-refractivity contribution < 1.29 is 9.18 Å². The first kappa shape index (κ1) is 18.5. The van der Waals surface area contributed by atoms with Gasteiger partial charge < -0.3 is 9.88 Å². The normalized spacial score (nSPS) is 19.8. The van der Waals surface area contributed by atoms with Gasteiger partial charge in [-0.05, 0) is 55.3 Å². The second-order valence-corrected chi connectivity index (χ2v) is 8.29. The number of ketones is 1. The van der Waals surface area contributed by atoms with Crippen molar-refractivity contribution in [1.29, 1.82) is 0 Å². The summed E-state index contributed by atoms with van der Waals surface area (Å²) in [5, 5.41) is 1.36. The van der Waals surface area contributed by atoms with Crippen LogP contribution < -0.4 is 0 Å². The summed E-state index contributed by atoms with van der Waals surface area (Å²) < 4.78 is 13.0. The third-order valence-electron chi connectivity index (χ3n) is 6.44. The summed E-state index contributed by atoms with van der Waals surface area (Å²) >= 11 is 0. The summed E-state index contributed by atoms with van der Waals surface area (Å²) in [6.45, 7) is 5.13. The molecule has 5 heteroatoms. The highest BCUT2D eigenvalue weighted by Crippen LogP contribution is 2.31. The van der Waals surface area contributed by atoms with Crippen molar-refractivity contribution in [2.45, 2.75) is 31.8 Å². The maximum atomic E-state index is 13.0. The van der Waals surface area contributed by atoms with Gasteiger partial charge in [-0.2, -0.15) is 0 Å². The van der Waals surface area contributed by atoms with E-state index in [1.807, 2.05) is 0 Å². The highest BCUT2D eigenvalue weighted by molar-refractivity contribution is 5.95. The van der Waals surface area contributed by atoms with E-state index in [4.69, 9.17) is 0 Å². The fourth-order valence-electron chi connectivity index (χ4n) is 4.87. The molecule has 5 rings (SSSR count). The standard InChI is InChI=1S/C24H26FN3O/c25-18-9-7-17(8-10-18)24(29)6-3-11-27-12-13-28-16-23-21(14-19(28)15-27)20-4-1-2-5-22(20)26-23/h1-2,4-5,7-10,19,26H,3,6,11-16H2/t19-/m1/s1. The summed E-state index contributed by atoms with van der Waals surface area (Å²) in [5.41, 5.74) is 4.71.